The van der Waals surface area contributed by atoms with Crippen molar-refractivity contribution in [2.24, 2.45) is 16.7 Å². The van der Waals surface area contributed by atoms with E-state index in [1.54, 1.807) is 42.5 Å². The SMILES string of the molecule is CC(C)C(C)(CC(C)(C)C)C(=O)OCCOc1ccc(C(=O)C2=C=C=CC=C2)cc1. The van der Waals surface area contributed by atoms with Gasteiger partial charge in [-0.1, -0.05) is 52.2 Å². The summed E-state index contributed by atoms with van der Waals surface area (Å²) in [6, 6.07) is 6.90. The minimum Gasteiger partial charge on any atom is -0.490 e. The maximum Gasteiger partial charge on any atom is 0.312 e. The van der Waals surface area contributed by atoms with Gasteiger partial charge in [0, 0.05) is 5.56 Å². The molecule has 0 saturated carbocycles. The Kier molecular flexibility index (Phi) is 7.67. The zero-order valence-corrected chi connectivity index (χ0v) is 18.9. The van der Waals surface area contributed by atoms with Gasteiger partial charge < -0.3 is 9.47 Å². The number of carbonyl (C=O) groups excluding carboxylic acids is 2. The molecule has 1 aliphatic rings. The Morgan fingerprint density at radius 1 is 1.03 bits per heavy atom. The Morgan fingerprint density at radius 3 is 2.23 bits per heavy atom. The lowest BCUT2D eigenvalue weighted by atomic mass is 9.69. The Hall–Kier alpha value is -2.80. The van der Waals surface area contributed by atoms with Crippen molar-refractivity contribution in [3.63, 3.8) is 0 Å². The van der Waals surface area contributed by atoms with Crippen molar-refractivity contribution in [3.8, 4) is 5.75 Å². The summed E-state index contributed by atoms with van der Waals surface area (Å²) in [7, 11) is 0. The first kappa shape index (κ1) is 23.5. The van der Waals surface area contributed by atoms with Crippen LogP contribution in [-0.2, 0) is 9.53 Å². The van der Waals surface area contributed by atoms with Crippen LogP contribution in [0.1, 0.15) is 58.3 Å². The lowest BCUT2D eigenvalue weighted by Crippen LogP contribution is -2.39. The highest BCUT2D eigenvalue weighted by Gasteiger charge is 2.41. The zero-order chi connectivity index (χ0) is 22.4. The number of ether oxygens (including phenoxy) is 2. The summed E-state index contributed by atoms with van der Waals surface area (Å²) in [4.78, 5) is 25.1. The second-order valence-corrected chi connectivity index (χ2v) is 9.36. The number of benzene rings is 1. The van der Waals surface area contributed by atoms with E-state index >= 15 is 0 Å². The van der Waals surface area contributed by atoms with E-state index in [9.17, 15) is 9.59 Å². The molecule has 1 aliphatic carbocycles. The van der Waals surface area contributed by atoms with Crippen molar-refractivity contribution in [2.75, 3.05) is 13.2 Å². The van der Waals surface area contributed by atoms with Crippen LogP contribution in [-0.4, -0.2) is 25.0 Å². The molecule has 1 aromatic carbocycles. The molecular formula is C26H32O4. The van der Waals surface area contributed by atoms with Gasteiger partial charge in [0.2, 0.25) is 5.78 Å². The molecule has 0 radical (unpaired) electrons. The summed E-state index contributed by atoms with van der Waals surface area (Å²) in [5.74, 6) is 0.495. The normalized spacial score (nSPS) is 15.0. The van der Waals surface area contributed by atoms with Crippen LogP contribution in [0, 0.1) is 16.7 Å². The van der Waals surface area contributed by atoms with Crippen molar-refractivity contribution < 1.29 is 19.1 Å². The first-order valence-electron chi connectivity index (χ1n) is 10.4. The summed E-state index contributed by atoms with van der Waals surface area (Å²) >= 11 is 0. The monoisotopic (exact) mass is 408 g/mol. The first-order valence-corrected chi connectivity index (χ1v) is 10.4. The molecule has 160 valence electrons. The Labute approximate surface area is 180 Å². The third kappa shape index (κ3) is 6.35. The highest BCUT2D eigenvalue weighted by Crippen LogP contribution is 2.40. The van der Waals surface area contributed by atoms with Gasteiger partial charge in [-0.15, -0.1) is 0 Å². The van der Waals surface area contributed by atoms with E-state index in [0.29, 0.717) is 16.9 Å². The van der Waals surface area contributed by atoms with Gasteiger partial charge >= 0.3 is 5.97 Å². The largest absolute Gasteiger partial charge is 0.490 e. The minimum atomic E-state index is -0.536. The Bertz CT molecular complexity index is 899. The number of rotatable bonds is 9. The maximum absolute atomic E-state index is 12.7. The van der Waals surface area contributed by atoms with Crippen molar-refractivity contribution in [1.82, 2.24) is 0 Å². The molecule has 2 rings (SSSR count). The smallest absolute Gasteiger partial charge is 0.312 e. The van der Waals surface area contributed by atoms with Crippen LogP contribution in [0.5, 0.6) is 5.75 Å². The number of Topliss-reactive ketones (excluding diaryl/α,β-unsaturated/α-hetero) is 1. The summed E-state index contributed by atoms with van der Waals surface area (Å²) in [6.45, 7) is 12.9. The highest BCUT2D eigenvalue weighted by atomic mass is 16.6. The molecule has 4 heteroatoms. The summed E-state index contributed by atoms with van der Waals surface area (Å²) in [6.07, 6.45) is 5.92. The number of ketones is 1. The fourth-order valence-electron chi connectivity index (χ4n) is 3.42. The van der Waals surface area contributed by atoms with E-state index < -0.39 is 5.41 Å². The molecule has 4 nitrogen and oxygen atoms in total. The molecule has 0 spiro atoms. The van der Waals surface area contributed by atoms with E-state index in [-0.39, 0.29) is 36.3 Å². The summed E-state index contributed by atoms with van der Waals surface area (Å²) in [5, 5.41) is 0. The van der Waals surface area contributed by atoms with E-state index in [1.165, 1.54) is 0 Å². The van der Waals surface area contributed by atoms with Crippen molar-refractivity contribution in [2.45, 2.75) is 48.0 Å². The molecular weight excluding hydrogens is 376 g/mol. The number of allylic oxidation sites excluding steroid dienone is 4. The van der Waals surface area contributed by atoms with Crippen LogP contribution in [0.3, 0.4) is 0 Å². The second kappa shape index (κ2) is 9.80. The van der Waals surface area contributed by atoms with E-state index in [0.717, 1.165) is 6.42 Å². The molecule has 0 bridgehead atoms. The zero-order valence-electron chi connectivity index (χ0n) is 18.9. The van der Waals surface area contributed by atoms with Crippen molar-refractivity contribution in [1.29, 1.82) is 0 Å². The van der Waals surface area contributed by atoms with Crippen LogP contribution in [0.25, 0.3) is 0 Å². The third-order valence-electron chi connectivity index (χ3n) is 5.23. The average molecular weight is 409 g/mol. The summed E-state index contributed by atoms with van der Waals surface area (Å²) < 4.78 is 11.2. The number of esters is 1. The van der Waals surface area contributed by atoms with E-state index in [4.69, 9.17) is 9.47 Å². The molecule has 30 heavy (non-hydrogen) atoms. The van der Waals surface area contributed by atoms with Gasteiger partial charge in [0.1, 0.15) is 19.0 Å². The van der Waals surface area contributed by atoms with Crippen LogP contribution in [0.2, 0.25) is 0 Å². The predicted octanol–water partition coefficient (Wildman–Crippen LogP) is 5.70. The van der Waals surface area contributed by atoms with Crippen molar-refractivity contribution in [3.05, 3.63) is 65.1 Å². The molecule has 1 aromatic rings. The standard InChI is InChI=1S/C26H32O4/c1-19(2)26(6,18-25(3,4)5)24(28)30-17-16-29-22-14-12-21(13-15-22)23(27)20-10-8-7-9-11-20/h7-8,10,12-15,19H,16-18H2,1-6H3. The maximum atomic E-state index is 12.7. The topological polar surface area (TPSA) is 52.6 Å². The van der Waals surface area contributed by atoms with Gasteiger partial charge in [0.05, 0.1) is 11.0 Å². The molecule has 1 unspecified atom stereocenters. The predicted molar refractivity (Wildman–Crippen MR) is 118 cm³/mol. The summed E-state index contributed by atoms with van der Waals surface area (Å²) in [5.41, 5.74) is 6.12. The van der Waals surface area contributed by atoms with E-state index in [2.05, 4.69) is 46.1 Å². The molecule has 0 heterocycles. The van der Waals surface area contributed by atoms with Gasteiger partial charge in [0.25, 0.3) is 0 Å². The van der Waals surface area contributed by atoms with Gasteiger partial charge in [-0.05, 0) is 61.1 Å². The van der Waals surface area contributed by atoms with Gasteiger partial charge in [-0.25, -0.2) is 0 Å². The third-order valence-corrected chi connectivity index (χ3v) is 5.23. The average Bonchev–Trinajstić information content (AvgIpc) is 2.70. The lowest BCUT2D eigenvalue weighted by molar-refractivity contribution is -0.160. The fraction of sp³-hybridized carbons (Fsp3) is 0.462. The lowest BCUT2D eigenvalue weighted by Gasteiger charge is -2.36. The number of hydrogen-bond acceptors (Lipinski definition) is 4. The molecule has 0 N–H and O–H groups in total. The highest BCUT2D eigenvalue weighted by molar-refractivity contribution is 6.10. The second-order valence-electron chi connectivity index (χ2n) is 9.36. The number of hydrogen-bond donors (Lipinski definition) is 0. The van der Waals surface area contributed by atoms with Gasteiger partial charge in [0.15, 0.2) is 0 Å². The van der Waals surface area contributed by atoms with Gasteiger partial charge in [-0.2, -0.15) is 0 Å². The van der Waals surface area contributed by atoms with E-state index in [1.807, 2.05) is 6.92 Å². The van der Waals surface area contributed by atoms with Crippen LogP contribution in [0.4, 0.5) is 0 Å². The fourth-order valence-corrected chi connectivity index (χ4v) is 3.42. The molecule has 0 fully saturated rings. The van der Waals surface area contributed by atoms with Crippen LogP contribution >= 0.6 is 0 Å². The molecule has 0 aliphatic heterocycles. The molecule has 0 amide bonds. The Balaban J connectivity index is 1.87. The molecule has 0 saturated heterocycles. The van der Waals surface area contributed by atoms with Crippen molar-refractivity contribution >= 4 is 11.8 Å². The van der Waals surface area contributed by atoms with Crippen LogP contribution < -0.4 is 4.74 Å². The molecule has 1 atom stereocenters. The molecule has 0 aromatic heterocycles. The Morgan fingerprint density at radius 2 is 1.70 bits per heavy atom. The minimum absolute atomic E-state index is 0.0310. The number of carbonyl (C=O) groups is 2. The van der Waals surface area contributed by atoms with Crippen LogP contribution in [0.15, 0.2) is 59.5 Å². The van der Waals surface area contributed by atoms with Gasteiger partial charge in [-0.3, -0.25) is 9.59 Å². The quantitative estimate of drug-likeness (QED) is 0.228. The first-order chi connectivity index (χ1) is 14.0.